The van der Waals surface area contributed by atoms with E-state index in [1.54, 1.807) is 7.11 Å². The van der Waals surface area contributed by atoms with Crippen LogP contribution in [0.4, 0.5) is 0 Å². The van der Waals surface area contributed by atoms with Crippen LogP contribution in [0.3, 0.4) is 0 Å². The van der Waals surface area contributed by atoms with E-state index in [-0.39, 0.29) is 6.61 Å². The van der Waals surface area contributed by atoms with Crippen LogP contribution in [0.5, 0.6) is 11.5 Å². The molecule has 0 fully saturated rings. The van der Waals surface area contributed by atoms with E-state index >= 15 is 0 Å². The second-order valence-electron chi connectivity index (χ2n) is 3.37. The van der Waals surface area contributed by atoms with E-state index in [1.165, 1.54) is 5.54 Å². The molecular formula is C12H15Cl2NO2. The van der Waals surface area contributed by atoms with Crippen molar-refractivity contribution < 1.29 is 9.47 Å². The molecule has 0 saturated heterocycles. The van der Waals surface area contributed by atoms with Crippen LogP contribution in [0.25, 0.3) is 0 Å². The van der Waals surface area contributed by atoms with Crippen LogP contribution in [0.1, 0.15) is 5.56 Å². The molecular weight excluding hydrogens is 261 g/mol. The lowest BCUT2D eigenvalue weighted by molar-refractivity contribution is 0.323. The predicted octanol–water partition coefficient (Wildman–Crippen LogP) is 2.89. The molecule has 0 aliphatic rings. The highest BCUT2D eigenvalue weighted by Gasteiger charge is 2.06. The first-order valence-electron chi connectivity index (χ1n) is 5.15. The van der Waals surface area contributed by atoms with Gasteiger partial charge in [-0.1, -0.05) is 29.3 Å². The summed E-state index contributed by atoms with van der Waals surface area (Å²) >= 11 is 11.2. The molecule has 17 heavy (non-hydrogen) atoms. The molecule has 0 atom stereocenters. The van der Waals surface area contributed by atoms with Gasteiger partial charge >= 0.3 is 0 Å². The minimum atomic E-state index is 0.220. The van der Waals surface area contributed by atoms with Crippen LogP contribution in [0, 0.1) is 0 Å². The molecule has 1 aromatic carbocycles. The Kier molecular flexibility index (Phi) is 6.19. The summed E-state index contributed by atoms with van der Waals surface area (Å²) in [6.45, 7) is 0.821. The Morgan fingerprint density at radius 2 is 2.18 bits per heavy atom. The summed E-state index contributed by atoms with van der Waals surface area (Å²) in [5, 5.41) is 0.430. The zero-order chi connectivity index (χ0) is 12.7. The summed E-state index contributed by atoms with van der Waals surface area (Å²) in [5.41, 5.74) is 7.88. The number of benzene rings is 1. The molecule has 94 valence electrons. The average Bonchev–Trinajstić information content (AvgIpc) is 2.36. The van der Waals surface area contributed by atoms with Crippen molar-refractivity contribution in [2.75, 3.05) is 20.3 Å². The van der Waals surface area contributed by atoms with Crippen LogP contribution in [0.2, 0.25) is 0 Å². The molecule has 0 bridgehead atoms. The molecule has 3 nitrogen and oxygen atoms in total. The van der Waals surface area contributed by atoms with Crippen molar-refractivity contribution in [1.82, 2.24) is 0 Å². The van der Waals surface area contributed by atoms with Gasteiger partial charge in [0.2, 0.25) is 0 Å². The van der Waals surface area contributed by atoms with E-state index < -0.39 is 0 Å². The molecule has 0 aliphatic heterocycles. The Bertz CT molecular complexity index is 394. The van der Waals surface area contributed by atoms with E-state index in [2.05, 4.69) is 0 Å². The normalized spacial score (nSPS) is 11.4. The average molecular weight is 276 g/mol. The number of methoxy groups -OCH3 is 1. The topological polar surface area (TPSA) is 44.5 Å². The molecule has 1 aromatic rings. The Labute approximate surface area is 111 Å². The highest BCUT2D eigenvalue weighted by Crippen LogP contribution is 2.28. The van der Waals surface area contributed by atoms with Crippen molar-refractivity contribution in [2.45, 2.75) is 6.42 Å². The van der Waals surface area contributed by atoms with Gasteiger partial charge in [0.25, 0.3) is 0 Å². The molecule has 1 rings (SSSR count). The molecule has 0 saturated carbocycles. The van der Waals surface area contributed by atoms with Gasteiger partial charge in [-0.25, -0.2) is 0 Å². The zero-order valence-corrected chi connectivity index (χ0v) is 11.1. The lowest BCUT2D eigenvalue weighted by Gasteiger charge is -2.11. The van der Waals surface area contributed by atoms with Crippen molar-refractivity contribution in [3.05, 3.63) is 34.3 Å². The van der Waals surface area contributed by atoms with E-state index in [1.807, 2.05) is 18.2 Å². The van der Waals surface area contributed by atoms with E-state index in [0.29, 0.717) is 23.1 Å². The Morgan fingerprint density at radius 1 is 1.41 bits per heavy atom. The summed E-state index contributed by atoms with van der Waals surface area (Å²) in [5.74, 6) is 1.29. The number of rotatable bonds is 6. The first kappa shape index (κ1) is 14.2. The number of hydrogen-bond acceptors (Lipinski definition) is 3. The fourth-order valence-electron chi connectivity index (χ4n) is 1.33. The van der Waals surface area contributed by atoms with E-state index in [4.69, 9.17) is 38.4 Å². The van der Waals surface area contributed by atoms with Crippen LogP contribution in [-0.4, -0.2) is 20.3 Å². The predicted molar refractivity (Wildman–Crippen MR) is 71.0 cm³/mol. The number of nitrogens with two attached hydrogens (primary N) is 1. The second-order valence-corrected chi connectivity index (χ2v) is 4.07. The van der Waals surface area contributed by atoms with Gasteiger partial charge < -0.3 is 15.2 Å². The third kappa shape index (κ3) is 4.46. The van der Waals surface area contributed by atoms with Crippen molar-refractivity contribution in [3.8, 4) is 11.5 Å². The SMILES string of the molecule is COc1cc(CCN)ccc1OCC(Cl)=CCl. The van der Waals surface area contributed by atoms with Gasteiger partial charge in [-0.2, -0.15) is 0 Å². The first-order valence-corrected chi connectivity index (χ1v) is 5.97. The van der Waals surface area contributed by atoms with Gasteiger partial charge in [0.05, 0.1) is 12.1 Å². The lowest BCUT2D eigenvalue weighted by Crippen LogP contribution is -2.04. The molecule has 0 aliphatic carbocycles. The molecule has 0 unspecified atom stereocenters. The van der Waals surface area contributed by atoms with Crippen molar-refractivity contribution >= 4 is 23.2 Å². The molecule has 5 heteroatoms. The standard InChI is InChI=1S/C12H15Cl2NO2/c1-16-12-6-9(4-5-15)2-3-11(12)17-8-10(14)7-13/h2-3,6-7H,4-5,8,15H2,1H3. The maximum Gasteiger partial charge on any atom is 0.161 e. The quantitative estimate of drug-likeness (QED) is 0.868. The monoisotopic (exact) mass is 275 g/mol. The molecule has 0 radical (unpaired) electrons. The van der Waals surface area contributed by atoms with Gasteiger partial charge in [-0.3, -0.25) is 0 Å². The highest BCUT2D eigenvalue weighted by molar-refractivity contribution is 6.36. The molecule has 0 spiro atoms. The third-order valence-electron chi connectivity index (χ3n) is 2.15. The summed E-state index contributed by atoms with van der Waals surface area (Å²) in [7, 11) is 1.59. The first-order chi connectivity index (χ1) is 8.21. The highest BCUT2D eigenvalue weighted by atomic mass is 35.5. The third-order valence-corrected chi connectivity index (χ3v) is 2.74. The summed E-state index contributed by atoms with van der Waals surface area (Å²) < 4.78 is 10.7. The van der Waals surface area contributed by atoms with Gasteiger partial charge in [-0.05, 0) is 30.7 Å². The Morgan fingerprint density at radius 3 is 2.76 bits per heavy atom. The van der Waals surface area contributed by atoms with Gasteiger partial charge in [0.15, 0.2) is 11.5 Å². The van der Waals surface area contributed by atoms with Crippen LogP contribution < -0.4 is 15.2 Å². The maximum absolute atomic E-state index is 5.74. The van der Waals surface area contributed by atoms with Gasteiger partial charge in [0.1, 0.15) is 6.61 Å². The van der Waals surface area contributed by atoms with Crippen molar-refractivity contribution in [3.63, 3.8) is 0 Å². The second kappa shape index (κ2) is 7.43. The number of ether oxygens (including phenoxy) is 2. The van der Waals surface area contributed by atoms with Gasteiger partial charge in [0, 0.05) is 5.54 Å². The minimum Gasteiger partial charge on any atom is -0.493 e. The smallest absolute Gasteiger partial charge is 0.161 e. The number of halogens is 2. The number of hydrogen-bond donors (Lipinski definition) is 1. The summed E-state index contributed by atoms with van der Waals surface area (Å²) in [6.07, 6.45) is 0.805. The lowest BCUT2D eigenvalue weighted by atomic mass is 10.1. The van der Waals surface area contributed by atoms with Crippen molar-refractivity contribution in [2.24, 2.45) is 5.73 Å². The minimum absolute atomic E-state index is 0.220. The van der Waals surface area contributed by atoms with Crippen molar-refractivity contribution in [1.29, 1.82) is 0 Å². The van der Waals surface area contributed by atoms with Gasteiger partial charge in [-0.15, -0.1) is 0 Å². The molecule has 0 amide bonds. The van der Waals surface area contributed by atoms with E-state index in [9.17, 15) is 0 Å². The fraction of sp³-hybridized carbons (Fsp3) is 0.333. The Hall–Kier alpha value is -0.900. The zero-order valence-electron chi connectivity index (χ0n) is 9.58. The van der Waals surface area contributed by atoms with E-state index in [0.717, 1.165) is 12.0 Å². The fourth-order valence-corrected chi connectivity index (χ4v) is 1.45. The Balaban J connectivity index is 2.78. The molecule has 2 N–H and O–H groups in total. The molecule has 0 aromatic heterocycles. The maximum atomic E-state index is 5.74. The van der Waals surface area contributed by atoms with Crippen LogP contribution in [0.15, 0.2) is 28.8 Å². The largest absolute Gasteiger partial charge is 0.493 e. The molecule has 0 heterocycles. The summed E-state index contributed by atoms with van der Waals surface area (Å²) in [6, 6.07) is 5.69. The summed E-state index contributed by atoms with van der Waals surface area (Å²) in [4.78, 5) is 0. The van der Waals surface area contributed by atoms with Crippen LogP contribution in [-0.2, 0) is 6.42 Å². The van der Waals surface area contributed by atoms with Crippen LogP contribution >= 0.6 is 23.2 Å².